The van der Waals surface area contributed by atoms with Crippen molar-refractivity contribution in [1.29, 1.82) is 0 Å². The molecule has 7 nitrogen and oxygen atoms in total. The molecule has 2 fully saturated rings. The van der Waals surface area contributed by atoms with Crippen LogP contribution in [0, 0.1) is 5.92 Å². The lowest BCUT2D eigenvalue weighted by atomic mass is 10.0. The Bertz CT molecular complexity index is 692. The minimum atomic E-state index is -4.81. The van der Waals surface area contributed by atoms with Gasteiger partial charge in [-0.05, 0) is 42.9 Å². The fraction of sp³-hybridized carbons (Fsp3) is 0.529. The monoisotopic (exact) mass is 387 g/mol. The molecule has 10 heteroatoms. The number of alkyl halides is 3. The van der Waals surface area contributed by atoms with Gasteiger partial charge in [-0.25, -0.2) is 5.43 Å². The quantitative estimate of drug-likeness (QED) is 0.570. The number of carboxylic acids is 1. The summed E-state index contributed by atoms with van der Waals surface area (Å²) in [6.07, 6.45) is -2.34. The van der Waals surface area contributed by atoms with E-state index in [0.29, 0.717) is 17.9 Å². The number of carbonyl (C=O) groups excluding carboxylic acids is 1. The first kappa shape index (κ1) is 19.4. The molecule has 0 aromatic heterocycles. The second-order valence-electron chi connectivity index (χ2n) is 6.80. The molecule has 27 heavy (non-hydrogen) atoms. The van der Waals surface area contributed by atoms with Crippen molar-refractivity contribution in [2.75, 3.05) is 0 Å². The first-order valence-corrected chi connectivity index (χ1v) is 8.60. The Morgan fingerprint density at radius 2 is 1.89 bits per heavy atom. The van der Waals surface area contributed by atoms with E-state index in [0.717, 1.165) is 25.0 Å². The molecule has 1 saturated carbocycles. The Hall–Kier alpha value is -2.33. The second-order valence-corrected chi connectivity index (χ2v) is 6.80. The Balaban J connectivity index is 1.64. The van der Waals surface area contributed by atoms with Gasteiger partial charge in [0.1, 0.15) is 11.8 Å². The minimum Gasteiger partial charge on any atom is -0.481 e. The van der Waals surface area contributed by atoms with Gasteiger partial charge in [0.2, 0.25) is 5.91 Å². The molecule has 1 aromatic carbocycles. The number of hydrogen-bond acceptors (Lipinski definition) is 5. The summed E-state index contributed by atoms with van der Waals surface area (Å²) in [5, 5.41) is 11.8. The average Bonchev–Trinajstić information content (AvgIpc) is 3.30. The average molecular weight is 387 g/mol. The minimum absolute atomic E-state index is 0.220. The van der Waals surface area contributed by atoms with E-state index in [9.17, 15) is 22.8 Å². The number of carboxylic acid groups (broad SMARTS) is 1. The SMILES string of the molecule is O=C(O)CC(NC(=O)C1CC(C2CC2)NN1)c1ccc(OC(F)(F)F)cc1. The summed E-state index contributed by atoms with van der Waals surface area (Å²) in [7, 11) is 0. The highest BCUT2D eigenvalue weighted by Crippen LogP contribution is 2.35. The van der Waals surface area contributed by atoms with Crippen molar-refractivity contribution in [3.05, 3.63) is 29.8 Å². The van der Waals surface area contributed by atoms with E-state index in [4.69, 9.17) is 5.11 Å². The van der Waals surface area contributed by atoms with E-state index in [2.05, 4.69) is 20.9 Å². The summed E-state index contributed by atoms with van der Waals surface area (Å²) in [4.78, 5) is 23.6. The second kappa shape index (κ2) is 7.73. The molecule has 3 rings (SSSR count). The number of benzene rings is 1. The highest BCUT2D eigenvalue weighted by atomic mass is 19.4. The highest BCUT2D eigenvalue weighted by Gasteiger charge is 2.39. The number of aliphatic carboxylic acids is 1. The van der Waals surface area contributed by atoms with E-state index in [-0.39, 0.29) is 11.9 Å². The lowest BCUT2D eigenvalue weighted by molar-refractivity contribution is -0.274. The van der Waals surface area contributed by atoms with Crippen LogP contribution in [0.2, 0.25) is 0 Å². The van der Waals surface area contributed by atoms with Crippen LogP contribution in [0.25, 0.3) is 0 Å². The summed E-state index contributed by atoms with van der Waals surface area (Å²) in [6.45, 7) is 0. The first-order chi connectivity index (χ1) is 12.7. The molecule has 4 N–H and O–H groups in total. The maximum Gasteiger partial charge on any atom is 0.573 e. The van der Waals surface area contributed by atoms with Gasteiger partial charge in [0.15, 0.2) is 0 Å². The fourth-order valence-electron chi connectivity index (χ4n) is 3.16. The van der Waals surface area contributed by atoms with E-state index in [1.165, 1.54) is 12.1 Å². The van der Waals surface area contributed by atoms with Gasteiger partial charge in [0.05, 0.1) is 12.5 Å². The van der Waals surface area contributed by atoms with Gasteiger partial charge in [0.25, 0.3) is 0 Å². The number of nitrogens with one attached hydrogen (secondary N) is 3. The summed E-state index contributed by atoms with van der Waals surface area (Å²) in [6, 6.07) is 3.66. The van der Waals surface area contributed by atoms with E-state index >= 15 is 0 Å². The van der Waals surface area contributed by atoms with Crippen LogP contribution in [0.4, 0.5) is 13.2 Å². The predicted octanol–water partition coefficient (Wildman–Crippen LogP) is 1.86. The summed E-state index contributed by atoms with van der Waals surface area (Å²) >= 11 is 0. The normalized spacial score (nSPS) is 23.7. The van der Waals surface area contributed by atoms with Crippen molar-refractivity contribution >= 4 is 11.9 Å². The number of ether oxygens (including phenoxy) is 1. The van der Waals surface area contributed by atoms with Crippen molar-refractivity contribution < 1.29 is 32.6 Å². The summed E-state index contributed by atoms with van der Waals surface area (Å²) < 4.78 is 40.5. The number of carbonyl (C=O) groups is 2. The third-order valence-electron chi connectivity index (χ3n) is 4.65. The molecule has 1 aliphatic carbocycles. The molecule has 2 aliphatic rings. The number of hydrazine groups is 1. The molecular weight excluding hydrogens is 367 g/mol. The maximum atomic E-state index is 12.5. The number of amides is 1. The zero-order valence-electron chi connectivity index (χ0n) is 14.3. The van der Waals surface area contributed by atoms with Crippen molar-refractivity contribution in [2.24, 2.45) is 5.92 Å². The maximum absolute atomic E-state index is 12.5. The van der Waals surface area contributed by atoms with Crippen molar-refractivity contribution in [2.45, 2.75) is 50.2 Å². The molecule has 0 bridgehead atoms. The van der Waals surface area contributed by atoms with Crippen LogP contribution in [0.5, 0.6) is 5.75 Å². The van der Waals surface area contributed by atoms with Gasteiger partial charge in [-0.2, -0.15) is 0 Å². The molecule has 1 saturated heterocycles. The van der Waals surface area contributed by atoms with Crippen molar-refractivity contribution in [3.63, 3.8) is 0 Å². The highest BCUT2D eigenvalue weighted by molar-refractivity contribution is 5.83. The predicted molar refractivity (Wildman–Crippen MR) is 87.4 cm³/mol. The van der Waals surface area contributed by atoms with Crippen LogP contribution in [0.3, 0.4) is 0 Å². The van der Waals surface area contributed by atoms with Gasteiger partial charge >= 0.3 is 12.3 Å². The first-order valence-electron chi connectivity index (χ1n) is 8.60. The van der Waals surface area contributed by atoms with Crippen LogP contribution >= 0.6 is 0 Å². The Labute approximate surface area is 153 Å². The van der Waals surface area contributed by atoms with Crippen molar-refractivity contribution in [1.82, 2.24) is 16.2 Å². The van der Waals surface area contributed by atoms with Crippen LogP contribution in [0.1, 0.15) is 37.3 Å². The summed E-state index contributed by atoms with van der Waals surface area (Å²) in [5.41, 5.74) is 6.38. The van der Waals surface area contributed by atoms with Gasteiger partial charge in [-0.1, -0.05) is 12.1 Å². The van der Waals surface area contributed by atoms with Gasteiger partial charge in [-0.15, -0.1) is 13.2 Å². The standard InChI is InChI=1S/C17H20F3N3O4/c18-17(19,20)27-11-5-3-9(4-6-11)12(8-15(24)25)21-16(26)14-7-13(22-23-14)10-1-2-10/h3-6,10,12-14,22-23H,1-2,7-8H2,(H,21,26)(H,24,25). The van der Waals surface area contributed by atoms with Crippen LogP contribution < -0.4 is 20.9 Å². The molecule has 3 unspecified atom stereocenters. The van der Waals surface area contributed by atoms with Crippen LogP contribution in [-0.2, 0) is 9.59 Å². The van der Waals surface area contributed by atoms with Gasteiger partial charge in [-0.3, -0.25) is 15.0 Å². The summed E-state index contributed by atoms with van der Waals surface area (Å²) in [5.74, 6) is -1.34. The van der Waals surface area contributed by atoms with E-state index < -0.39 is 36.6 Å². The lowest BCUT2D eigenvalue weighted by Crippen LogP contribution is -2.45. The topological polar surface area (TPSA) is 99.7 Å². The Kier molecular flexibility index (Phi) is 5.56. The molecular formula is C17H20F3N3O4. The fourth-order valence-corrected chi connectivity index (χ4v) is 3.16. The Morgan fingerprint density at radius 1 is 1.22 bits per heavy atom. The van der Waals surface area contributed by atoms with Gasteiger partial charge < -0.3 is 15.2 Å². The van der Waals surface area contributed by atoms with E-state index in [1.807, 2.05) is 0 Å². The molecule has 148 valence electrons. The zero-order chi connectivity index (χ0) is 19.6. The van der Waals surface area contributed by atoms with Gasteiger partial charge in [0, 0.05) is 6.04 Å². The lowest BCUT2D eigenvalue weighted by Gasteiger charge is -2.20. The molecule has 0 spiro atoms. The van der Waals surface area contributed by atoms with Crippen LogP contribution in [0.15, 0.2) is 24.3 Å². The zero-order valence-corrected chi connectivity index (χ0v) is 14.3. The number of halogens is 3. The van der Waals surface area contributed by atoms with E-state index in [1.54, 1.807) is 0 Å². The third kappa shape index (κ3) is 5.57. The molecule has 3 atom stereocenters. The molecule has 0 radical (unpaired) electrons. The Morgan fingerprint density at radius 3 is 2.44 bits per heavy atom. The number of rotatable bonds is 7. The molecule has 1 heterocycles. The third-order valence-corrected chi connectivity index (χ3v) is 4.65. The molecule has 1 aliphatic heterocycles. The van der Waals surface area contributed by atoms with Crippen LogP contribution in [-0.4, -0.2) is 35.4 Å². The number of hydrogen-bond donors (Lipinski definition) is 4. The van der Waals surface area contributed by atoms with Crippen molar-refractivity contribution in [3.8, 4) is 5.75 Å². The smallest absolute Gasteiger partial charge is 0.481 e. The molecule has 1 amide bonds. The molecule has 1 aromatic rings. The largest absolute Gasteiger partial charge is 0.573 e.